The number of carbonyl (C=O) groups is 2. The molecule has 2 heterocycles. The van der Waals surface area contributed by atoms with Gasteiger partial charge in [-0.15, -0.1) is 0 Å². The molecular weight excluding hydrogens is 332 g/mol. The molecule has 1 aliphatic heterocycles. The molecule has 1 saturated heterocycles. The Labute approximate surface area is 147 Å². The number of likely N-dealkylation sites (tertiary alicyclic amines) is 1. The molecule has 1 aromatic heterocycles. The van der Waals surface area contributed by atoms with Crippen LogP contribution in [0.3, 0.4) is 0 Å². The smallest absolute Gasteiger partial charge is 0.410 e. The fraction of sp³-hybridized carbons (Fsp3) is 0.625. The van der Waals surface area contributed by atoms with Gasteiger partial charge in [0, 0.05) is 25.5 Å². The van der Waals surface area contributed by atoms with Crippen LogP contribution in [0.15, 0.2) is 12.4 Å². The molecule has 0 aliphatic carbocycles. The van der Waals surface area contributed by atoms with Crippen LogP contribution in [0.4, 0.5) is 15.4 Å². The summed E-state index contributed by atoms with van der Waals surface area (Å²) in [5.41, 5.74) is 0.0499. The highest BCUT2D eigenvalue weighted by atomic mass is 35.5. The maximum Gasteiger partial charge on any atom is 0.410 e. The quantitative estimate of drug-likeness (QED) is 0.601. The van der Waals surface area contributed by atoms with Gasteiger partial charge in [-0.1, -0.05) is 0 Å². The molecule has 8 heteroatoms. The van der Waals surface area contributed by atoms with E-state index in [1.54, 1.807) is 18.0 Å². The summed E-state index contributed by atoms with van der Waals surface area (Å²) in [6.07, 6.45) is 4.18. The highest BCUT2D eigenvalue weighted by Gasteiger charge is 2.34. The van der Waals surface area contributed by atoms with E-state index >= 15 is 0 Å². The van der Waals surface area contributed by atoms with Crippen molar-refractivity contribution in [2.75, 3.05) is 18.0 Å². The van der Waals surface area contributed by atoms with Gasteiger partial charge in [0.05, 0.1) is 11.7 Å². The minimum Gasteiger partial charge on any atom is -0.444 e. The van der Waals surface area contributed by atoms with E-state index in [-0.39, 0.29) is 12.1 Å². The highest BCUT2D eigenvalue weighted by molar-refractivity contribution is 6.66. The third-order valence-corrected chi connectivity index (χ3v) is 3.87. The van der Waals surface area contributed by atoms with Crippen molar-refractivity contribution < 1.29 is 14.3 Å². The summed E-state index contributed by atoms with van der Waals surface area (Å²) in [5.74, 6) is 0.425. The Morgan fingerprint density at radius 1 is 1.33 bits per heavy atom. The fourth-order valence-electron chi connectivity index (χ4n) is 2.69. The summed E-state index contributed by atoms with van der Waals surface area (Å²) in [7, 11) is 0. The topological polar surface area (TPSA) is 75.6 Å². The van der Waals surface area contributed by atoms with Crippen LogP contribution in [0, 0.1) is 6.92 Å². The lowest BCUT2D eigenvalue weighted by Crippen LogP contribution is -2.52. The molecule has 2 rings (SSSR count). The first-order chi connectivity index (χ1) is 11.2. The van der Waals surface area contributed by atoms with E-state index in [9.17, 15) is 9.59 Å². The second-order valence-corrected chi connectivity index (χ2v) is 7.13. The van der Waals surface area contributed by atoms with Crippen molar-refractivity contribution in [2.24, 2.45) is 0 Å². The number of hydrogen-bond acceptors (Lipinski definition) is 5. The molecule has 1 fully saturated rings. The third kappa shape index (κ3) is 4.56. The van der Waals surface area contributed by atoms with Crippen LogP contribution in [0.25, 0.3) is 0 Å². The van der Waals surface area contributed by atoms with Crippen LogP contribution < -0.4 is 4.90 Å². The van der Waals surface area contributed by atoms with Crippen LogP contribution in [0.1, 0.15) is 39.3 Å². The molecule has 24 heavy (non-hydrogen) atoms. The molecule has 0 saturated carbocycles. The number of halogens is 1. The number of hydrogen-bond donors (Lipinski definition) is 0. The zero-order valence-electron chi connectivity index (χ0n) is 14.5. The molecule has 0 radical (unpaired) electrons. The molecule has 0 N–H and O–H groups in total. The van der Waals surface area contributed by atoms with E-state index in [4.69, 9.17) is 16.3 Å². The number of amides is 2. The molecule has 0 aromatic carbocycles. The van der Waals surface area contributed by atoms with Gasteiger partial charge in [0.15, 0.2) is 5.82 Å². The van der Waals surface area contributed by atoms with Gasteiger partial charge in [-0.2, -0.15) is 0 Å². The van der Waals surface area contributed by atoms with Crippen LogP contribution >= 0.6 is 11.6 Å². The minimum absolute atomic E-state index is 0.258. The Morgan fingerprint density at radius 2 is 2.00 bits per heavy atom. The number of aryl methyl sites for hydroxylation is 1. The van der Waals surface area contributed by atoms with E-state index < -0.39 is 11.0 Å². The molecule has 0 spiro atoms. The second kappa shape index (κ2) is 7.34. The molecule has 7 nitrogen and oxygen atoms in total. The van der Waals surface area contributed by atoms with Crippen molar-refractivity contribution in [1.29, 1.82) is 0 Å². The Hall–Kier alpha value is -1.89. The lowest BCUT2D eigenvalue weighted by Gasteiger charge is -2.38. The predicted octanol–water partition coefficient (Wildman–Crippen LogP) is 3.35. The molecule has 1 aromatic rings. The van der Waals surface area contributed by atoms with Gasteiger partial charge in [0.1, 0.15) is 5.60 Å². The number of rotatable bonds is 2. The van der Waals surface area contributed by atoms with Gasteiger partial charge in [-0.05, 0) is 52.1 Å². The zero-order valence-corrected chi connectivity index (χ0v) is 15.2. The van der Waals surface area contributed by atoms with E-state index in [2.05, 4.69) is 9.97 Å². The van der Waals surface area contributed by atoms with Gasteiger partial charge < -0.3 is 9.64 Å². The van der Waals surface area contributed by atoms with E-state index in [0.717, 1.165) is 12.8 Å². The average Bonchev–Trinajstić information content (AvgIpc) is 2.48. The first-order valence-electron chi connectivity index (χ1n) is 7.93. The van der Waals surface area contributed by atoms with Crippen molar-refractivity contribution in [2.45, 2.75) is 52.2 Å². The largest absolute Gasteiger partial charge is 0.444 e. The maximum atomic E-state index is 12.3. The van der Waals surface area contributed by atoms with Gasteiger partial charge in [0.25, 0.3) is 0 Å². The summed E-state index contributed by atoms with van der Waals surface area (Å²) in [6, 6.07) is -0.258. The van der Waals surface area contributed by atoms with Gasteiger partial charge in [-0.3, -0.25) is 14.7 Å². The maximum absolute atomic E-state index is 12.3. The summed E-state index contributed by atoms with van der Waals surface area (Å²) in [6.45, 7) is 8.18. The number of nitrogens with zero attached hydrogens (tertiary/aromatic N) is 4. The Kier molecular flexibility index (Phi) is 5.64. The molecular formula is C16H23ClN4O3. The highest BCUT2D eigenvalue weighted by Crippen LogP contribution is 2.25. The summed E-state index contributed by atoms with van der Waals surface area (Å²) >= 11 is 5.80. The van der Waals surface area contributed by atoms with E-state index in [1.807, 2.05) is 20.8 Å². The van der Waals surface area contributed by atoms with Crippen molar-refractivity contribution in [3.05, 3.63) is 18.1 Å². The Morgan fingerprint density at radius 3 is 2.58 bits per heavy atom. The first-order valence-corrected chi connectivity index (χ1v) is 8.31. The first kappa shape index (κ1) is 18.4. The molecule has 0 unspecified atom stereocenters. The predicted molar refractivity (Wildman–Crippen MR) is 91.3 cm³/mol. The standard InChI is InChI=1S/C16H23ClN4O3/c1-11-13(19-8-7-18-11)21(14(17)22)12-6-5-9-20(10-12)15(23)24-16(2,3)4/h7-8,12H,5-6,9-10H2,1-4H3/t12-/m1/s1. The van der Waals surface area contributed by atoms with Gasteiger partial charge in [-0.25, -0.2) is 9.78 Å². The lowest BCUT2D eigenvalue weighted by molar-refractivity contribution is 0.0200. The monoisotopic (exact) mass is 354 g/mol. The number of anilines is 1. The van der Waals surface area contributed by atoms with E-state index in [0.29, 0.717) is 24.6 Å². The number of carbonyl (C=O) groups excluding carboxylic acids is 2. The number of piperidine rings is 1. The van der Waals surface area contributed by atoms with Crippen LogP contribution in [-0.2, 0) is 4.74 Å². The molecule has 2 amide bonds. The fourth-order valence-corrected chi connectivity index (χ4v) is 2.91. The van der Waals surface area contributed by atoms with Crippen molar-refractivity contribution in [1.82, 2.24) is 14.9 Å². The molecule has 1 aliphatic rings. The Balaban J connectivity index is 2.18. The summed E-state index contributed by atoms with van der Waals surface area (Å²) in [5, 5.41) is -0.630. The van der Waals surface area contributed by atoms with Crippen LogP contribution in [0.2, 0.25) is 0 Å². The Bertz CT molecular complexity index is 618. The van der Waals surface area contributed by atoms with Gasteiger partial charge >= 0.3 is 11.5 Å². The van der Waals surface area contributed by atoms with Crippen molar-refractivity contribution >= 4 is 28.9 Å². The summed E-state index contributed by atoms with van der Waals surface area (Å²) in [4.78, 5) is 35.7. The molecule has 1 atom stereocenters. The normalized spacial score (nSPS) is 18.2. The van der Waals surface area contributed by atoms with Crippen LogP contribution in [0.5, 0.6) is 0 Å². The second-order valence-electron chi connectivity index (χ2n) is 6.81. The SMILES string of the molecule is Cc1nccnc1N(C(=O)Cl)[C@@H]1CCCN(C(=O)OC(C)(C)C)C1. The molecule has 132 valence electrons. The lowest BCUT2D eigenvalue weighted by atomic mass is 10.0. The number of aromatic nitrogens is 2. The van der Waals surface area contributed by atoms with E-state index in [1.165, 1.54) is 11.1 Å². The number of ether oxygens (including phenoxy) is 1. The summed E-state index contributed by atoms with van der Waals surface area (Å²) < 4.78 is 5.42. The average molecular weight is 355 g/mol. The molecule has 0 bridgehead atoms. The minimum atomic E-state index is -0.630. The van der Waals surface area contributed by atoms with Gasteiger partial charge in [0.2, 0.25) is 0 Å². The van der Waals surface area contributed by atoms with Crippen molar-refractivity contribution in [3.8, 4) is 0 Å². The van der Waals surface area contributed by atoms with Crippen molar-refractivity contribution in [3.63, 3.8) is 0 Å². The zero-order chi connectivity index (χ0) is 17.9. The van der Waals surface area contributed by atoms with Crippen LogP contribution in [-0.4, -0.2) is 51.1 Å². The third-order valence-electron chi connectivity index (χ3n) is 3.69.